The molecular formula is C19H18BrN3. The number of nitrogens with zero attached hydrogens (tertiary/aromatic N) is 3. The maximum Gasteiger partial charge on any atom is 0.162 e. The molecule has 23 heavy (non-hydrogen) atoms. The van der Waals surface area contributed by atoms with Crippen LogP contribution < -0.4 is 4.90 Å². The van der Waals surface area contributed by atoms with E-state index in [9.17, 15) is 0 Å². The second-order valence-corrected chi connectivity index (χ2v) is 6.86. The highest BCUT2D eigenvalue weighted by molar-refractivity contribution is 9.10. The fourth-order valence-corrected chi connectivity index (χ4v) is 3.51. The molecule has 0 amide bonds. The smallest absolute Gasteiger partial charge is 0.162 e. The van der Waals surface area contributed by atoms with Crippen molar-refractivity contribution in [3.8, 4) is 11.4 Å². The molecule has 1 aliphatic rings. The topological polar surface area (TPSA) is 29.0 Å². The van der Waals surface area contributed by atoms with Crippen molar-refractivity contribution in [2.24, 2.45) is 0 Å². The molecular weight excluding hydrogens is 350 g/mol. The second kappa shape index (κ2) is 6.28. The molecule has 116 valence electrons. The van der Waals surface area contributed by atoms with Crippen LogP contribution >= 0.6 is 15.9 Å². The molecule has 2 heterocycles. The molecule has 0 spiro atoms. The Kier molecular flexibility index (Phi) is 4.00. The molecule has 1 aliphatic heterocycles. The zero-order valence-electron chi connectivity index (χ0n) is 12.9. The van der Waals surface area contributed by atoms with E-state index in [0.29, 0.717) is 0 Å². The lowest BCUT2D eigenvalue weighted by Gasteiger charge is -2.29. The van der Waals surface area contributed by atoms with E-state index in [4.69, 9.17) is 9.97 Å². The molecule has 0 N–H and O–H groups in total. The zero-order chi connectivity index (χ0) is 15.6. The van der Waals surface area contributed by atoms with E-state index < -0.39 is 0 Å². The van der Waals surface area contributed by atoms with Crippen molar-refractivity contribution in [1.29, 1.82) is 0 Å². The van der Waals surface area contributed by atoms with E-state index in [1.54, 1.807) is 0 Å². The van der Waals surface area contributed by atoms with Crippen LogP contribution in [0.15, 0.2) is 53.0 Å². The number of halogens is 1. The average Bonchev–Trinajstić information content (AvgIpc) is 2.62. The first-order valence-electron chi connectivity index (χ1n) is 8.09. The molecule has 0 bridgehead atoms. The number of anilines is 1. The summed E-state index contributed by atoms with van der Waals surface area (Å²) in [5, 5.41) is 1.13. The van der Waals surface area contributed by atoms with E-state index in [0.717, 1.165) is 45.7 Å². The van der Waals surface area contributed by atoms with Crippen molar-refractivity contribution in [1.82, 2.24) is 9.97 Å². The van der Waals surface area contributed by atoms with E-state index in [1.165, 1.54) is 19.3 Å². The Balaban J connectivity index is 1.91. The number of rotatable bonds is 2. The van der Waals surface area contributed by atoms with Crippen LogP contribution in [0, 0.1) is 0 Å². The molecule has 0 saturated carbocycles. The minimum absolute atomic E-state index is 0.806. The summed E-state index contributed by atoms with van der Waals surface area (Å²) < 4.78 is 1.07. The summed E-state index contributed by atoms with van der Waals surface area (Å²) >= 11 is 3.58. The van der Waals surface area contributed by atoms with Gasteiger partial charge < -0.3 is 4.90 Å². The van der Waals surface area contributed by atoms with Gasteiger partial charge in [0.15, 0.2) is 5.82 Å². The maximum absolute atomic E-state index is 4.93. The quantitative estimate of drug-likeness (QED) is 0.634. The van der Waals surface area contributed by atoms with Crippen molar-refractivity contribution in [3.63, 3.8) is 0 Å². The fraction of sp³-hybridized carbons (Fsp3) is 0.263. The summed E-state index contributed by atoms with van der Waals surface area (Å²) in [6.07, 6.45) is 3.79. The predicted molar refractivity (Wildman–Crippen MR) is 98.7 cm³/mol. The number of hydrogen-bond acceptors (Lipinski definition) is 3. The molecule has 1 fully saturated rings. The molecule has 2 aromatic carbocycles. The molecule has 1 saturated heterocycles. The number of hydrogen-bond donors (Lipinski definition) is 0. The summed E-state index contributed by atoms with van der Waals surface area (Å²) in [6, 6.07) is 16.5. The van der Waals surface area contributed by atoms with E-state index in [2.05, 4.69) is 45.1 Å². The first-order chi connectivity index (χ1) is 11.3. The van der Waals surface area contributed by atoms with Crippen LogP contribution in [0.1, 0.15) is 19.3 Å². The number of aromatic nitrogens is 2. The second-order valence-electron chi connectivity index (χ2n) is 5.95. The Morgan fingerprint density at radius 2 is 1.65 bits per heavy atom. The molecule has 0 atom stereocenters. The number of fused-ring (bicyclic) bond motifs is 1. The Bertz CT molecular complexity index is 827. The van der Waals surface area contributed by atoms with Crippen LogP contribution in [0.3, 0.4) is 0 Å². The third-order valence-electron chi connectivity index (χ3n) is 4.33. The van der Waals surface area contributed by atoms with Crippen LogP contribution in [0.4, 0.5) is 5.82 Å². The minimum atomic E-state index is 0.806. The Labute approximate surface area is 144 Å². The van der Waals surface area contributed by atoms with Crippen LogP contribution in [-0.4, -0.2) is 23.1 Å². The number of piperidine rings is 1. The van der Waals surface area contributed by atoms with Crippen LogP contribution in [0.25, 0.3) is 22.3 Å². The summed E-state index contributed by atoms with van der Waals surface area (Å²) in [7, 11) is 0. The van der Waals surface area contributed by atoms with Gasteiger partial charge in [0.1, 0.15) is 5.82 Å². The third-order valence-corrected chi connectivity index (χ3v) is 4.82. The van der Waals surface area contributed by atoms with Crippen LogP contribution in [0.2, 0.25) is 0 Å². The highest BCUT2D eigenvalue weighted by Crippen LogP contribution is 2.31. The summed E-state index contributed by atoms with van der Waals surface area (Å²) in [5.74, 6) is 1.87. The zero-order valence-corrected chi connectivity index (χ0v) is 14.5. The largest absolute Gasteiger partial charge is 0.356 e. The van der Waals surface area contributed by atoms with Gasteiger partial charge in [0.2, 0.25) is 0 Å². The Morgan fingerprint density at radius 1 is 0.870 bits per heavy atom. The van der Waals surface area contributed by atoms with Crippen molar-refractivity contribution in [2.75, 3.05) is 18.0 Å². The highest BCUT2D eigenvalue weighted by Gasteiger charge is 2.17. The van der Waals surface area contributed by atoms with E-state index in [1.807, 2.05) is 24.3 Å². The summed E-state index contributed by atoms with van der Waals surface area (Å²) in [4.78, 5) is 12.1. The number of benzene rings is 2. The average molecular weight is 368 g/mol. The lowest BCUT2D eigenvalue weighted by molar-refractivity contribution is 0.575. The predicted octanol–water partition coefficient (Wildman–Crippen LogP) is 5.05. The summed E-state index contributed by atoms with van der Waals surface area (Å²) in [6.45, 7) is 2.15. The van der Waals surface area contributed by atoms with Gasteiger partial charge in [-0.1, -0.05) is 46.3 Å². The van der Waals surface area contributed by atoms with Gasteiger partial charge in [-0.25, -0.2) is 9.97 Å². The van der Waals surface area contributed by atoms with Gasteiger partial charge in [0, 0.05) is 28.5 Å². The fourth-order valence-electron chi connectivity index (χ4n) is 3.15. The lowest BCUT2D eigenvalue weighted by Crippen LogP contribution is -2.30. The van der Waals surface area contributed by atoms with Crippen molar-refractivity contribution in [3.05, 3.63) is 53.0 Å². The Hall–Kier alpha value is -1.94. The molecule has 0 radical (unpaired) electrons. The molecule has 0 unspecified atom stereocenters. The molecule has 4 heteroatoms. The van der Waals surface area contributed by atoms with Gasteiger partial charge in [0.25, 0.3) is 0 Å². The monoisotopic (exact) mass is 367 g/mol. The van der Waals surface area contributed by atoms with Crippen LogP contribution in [0.5, 0.6) is 0 Å². The van der Waals surface area contributed by atoms with Crippen molar-refractivity contribution < 1.29 is 0 Å². The van der Waals surface area contributed by atoms with Gasteiger partial charge in [-0.05, 0) is 37.5 Å². The van der Waals surface area contributed by atoms with Crippen LogP contribution in [-0.2, 0) is 0 Å². The maximum atomic E-state index is 4.93. The van der Waals surface area contributed by atoms with Crippen molar-refractivity contribution >= 4 is 32.7 Å². The normalized spacial score (nSPS) is 15.1. The standard InChI is InChI=1S/C19H18BrN3/c20-15-9-10-17-16(13-15)19(23-11-5-2-6-12-23)22-18(21-17)14-7-3-1-4-8-14/h1,3-4,7-10,13H,2,5-6,11-12H2. The highest BCUT2D eigenvalue weighted by atomic mass is 79.9. The van der Waals surface area contributed by atoms with Gasteiger partial charge in [-0.2, -0.15) is 0 Å². The first kappa shape index (κ1) is 14.6. The first-order valence-corrected chi connectivity index (χ1v) is 8.88. The molecule has 3 aromatic rings. The molecule has 0 aliphatic carbocycles. The summed E-state index contributed by atoms with van der Waals surface area (Å²) in [5.41, 5.74) is 2.07. The molecule has 4 rings (SSSR count). The third kappa shape index (κ3) is 2.95. The Morgan fingerprint density at radius 3 is 2.43 bits per heavy atom. The minimum Gasteiger partial charge on any atom is -0.356 e. The molecule has 1 aromatic heterocycles. The van der Waals surface area contributed by atoms with E-state index in [-0.39, 0.29) is 0 Å². The van der Waals surface area contributed by atoms with Gasteiger partial charge in [0.05, 0.1) is 5.52 Å². The lowest BCUT2D eigenvalue weighted by atomic mass is 10.1. The van der Waals surface area contributed by atoms with Gasteiger partial charge >= 0.3 is 0 Å². The van der Waals surface area contributed by atoms with Crippen molar-refractivity contribution in [2.45, 2.75) is 19.3 Å². The van der Waals surface area contributed by atoms with Gasteiger partial charge in [-0.15, -0.1) is 0 Å². The van der Waals surface area contributed by atoms with E-state index >= 15 is 0 Å². The van der Waals surface area contributed by atoms with Gasteiger partial charge in [-0.3, -0.25) is 0 Å². The molecule has 3 nitrogen and oxygen atoms in total. The SMILES string of the molecule is Brc1ccc2nc(-c3ccccc3)nc(N3CCCCC3)c2c1.